The van der Waals surface area contributed by atoms with Crippen LogP contribution in [0.5, 0.6) is 11.5 Å². The first kappa shape index (κ1) is 22.9. The van der Waals surface area contributed by atoms with Gasteiger partial charge in [-0.15, -0.1) is 11.3 Å². The van der Waals surface area contributed by atoms with Gasteiger partial charge in [-0.2, -0.15) is 4.99 Å². The van der Waals surface area contributed by atoms with Crippen molar-refractivity contribution >= 4 is 51.1 Å². The molecule has 174 valence electrons. The average molecular weight is 500 g/mol. The summed E-state index contributed by atoms with van der Waals surface area (Å²) in [6, 6.07) is 24.4. The van der Waals surface area contributed by atoms with Crippen LogP contribution in [0.3, 0.4) is 0 Å². The largest absolute Gasteiger partial charge is 0.504 e. The summed E-state index contributed by atoms with van der Waals surface area (Å²) >= 11 is 2.72. The van der Waals surface area contributed by atoms with Crippen LogP contribution in [0.1, 0.15) is 12.5 Å². The topological polar surface area (TPSA) is 75.0 Å². The van der Waals surface area contributed by atoms with Gasteiger partial charge >= 0.3 is 0 Å². The molecular formula is C27H21N3O3S2. The number of hydrogen-bond donors (Lipinski definition) is 1. The van der Waals surface area contributed by atoms with E-state index in [9.17, 15) is 9.90 Å². The second kappa shape index (κ2) is 10.2. The number of carbonyl (C=O) groups is 1. The summed E-state index contributed by atoms with van der Waals surface area (Å²) in [5.74, 6) is 0.263. The lowest BCUT2D eigenvalue weighted by Crippen LogP contribution is -2.28. The number of carbonyl (C=O) groups excluding carboxylic acids is 1. The Morgan fingerprint density at radius 1 is 1.06 bits per heavy atom. The van der Waals surface area contributed by atoms with Crippen LogP contribution in [0.15, 0.2) is 94.1 Å². The lowest BCUT2D eigenvalue weighted by molar-refractivity contribution is -0.113. The predicted molar refractivity (Wildman–Crippen MR) is 143 cm³/mol. The molecule has 5 rings (SSSR count). The third-order valence-electron chi connectivity index (χ3n) is 5.16. The molecule has 4 aromatic rings. The summed E-state index contributed by atoms with van der Waals surface area (Å²) in [6.07, 6.45) is 1.78. The molecule has 1 N–H and O–H groups in total. The minimum Gasteiger partial charge on any atom is -0.504 e. The molecule has 1 fully saturated rings. The third-order valence-corrected chi connectivity index (χ3v) is 6.86. The van der Waals surface area contributed by atoms with E-state index in [0.717, 1.165) is 22.5 Å². The Hall–Kier alpha value is -3.88. The number of anilines is 1. The van der Waals surface area contributed by atoms with E-state index in [0.29, 0.717) is 27.6 Å². The molecule has 0 aliphatic carbocycles. The monoisotopic (exact) mass is 499 g/mol. The smallest absolute Gasteiger partial charge is 0.271 e. The SMILES string of the molecule is CCOc1cc(/C=C2\S/C(=N/c3nc(-c4ccccc4)cs3)N(c3ccccc3)C2=O)ccc1O. The number of amidine groups is 1. The summed E-state index contributed by atoms with van der Waals surface area (Å²) in [6.45, 7) is 2.28. The molecule has 0 unspecified atom stereocenters. The van der Waals surface area contributed by atoms with Crippen molar-refractivity contribution in [3.05, 3.63) is 94.7 Å². The summed E-state index contributed by atoms with van der Waals surface area (Å²) in [7, 11) is 0. The van der Waals surface area contributed by atoms with Crippen molar-refractivity contribution in [2.24, 2.45) is 4.99 Å². The minimum absolute atomic E-state index is 0.0607. The number of aliphatic imine (C=N–C) groups is 1. The molecule has 3 aromatic carbocycles. The van der Waals surface area contributed by atoms with Gasteiger partial charge in [0.2, 0.25) is 5.13 Å². The van der Waals surface area contributed by atoms with Gasteiger partial charge in [0.25, 0.3) is 5.91 Å². The van der Waals surface area contributed by atoms with E-state index < -0.39 is 0 Å². The molecule has 8 heteroatoms. The molecule has 0 saturated carbocycles. The van der Waals surface area contributed by atoms with Gasteiger partial charge < -0.3 is 9.84 Å². The first-order valence-corrected chi connectivity index (χ1v) is 12.7. The first-order valence-electron chi connectivity index (χ1n) is 11.0. The fourth-order valence-corrected chi connectivity index (χ4v) is 5.27. The number of rotatable bonds is 6. The summed E-state index contributed by atoms with van der Waals surface area (Å²) in [5, 5.41) is 13.1. The van der Waals surface area contributed by atoms with Crippen molar-refractivity contribution in [3.63, 3.8) is 0 Å². The van der Waals surface area contributed by atoms with E-state index in [1.807, 2.05) is 73.0 Å². The molecule has 35 heavy (non-hydrogen) atoms. The number of para-hydroxylation sites is 1. The van der Waals surface area contributed by atoms with E-state index in [1.165, 1.54) is 23.1 Å². The molecule has 0 atom stereocenters. The van der Waals surface area contributed by atoms with Crippen LogP contribution in [0.4, 0.5) is 10.8 Å². The zero-order chi connectivity index (χ0) is 24.2. The number of amides is 1. The normalized spacial score (nSPS) is 15.8. The van der Waals surface area contributed by atoms with E-state index in [2.05, 4.69) is 4.98 Å². The van der Waals surface area contributed by atoms with E-state index in [1.54, 1.807) is 29.2 Å². The number of aromatic nitrogens is 1. The Balaban J connectivity index is 1.52. The molecule has 1 amide bonds. The molecule has 0 radical (unpaired) electrons. The fourth-order valence-electron chi connectivity index (χ4n) is 3.54. The Morgan fingerprint density at radius 3 is 2.54 bits per heavy atom. The third kappa shape index (κ3) is 4.99. The highest BCUT2D eigenvalue weighted by molar-refractivity contribution is 8.19. The van der Waals surface area contributed by atoms with E-state index in [4.69, 9.17) is 9.73 Å². The van der Waals surface area contributed by atoms with Gasteiger partial charge in [-0.25, -0.2) is 4.98 Å². The molecule has 0 spiro atoms. The van der Waals surface area contributed by atoms with Crippen LogP contribution < -0.4 is 9.64 Å². The Bertz CT molecular complexity index is 1420. The minimum atomic E-state index is -0.175. The summed E-state index contributed by atoms with van der Waals surface area (Å²) in [4.78, 5) is 25.0. The predicted octanol–water partition coefficient (Wildman–Crippen LogP) is 6.72. The highest BCUT2D eigenvalue weighted by Gasteiger charge is 2.35. The second-order valence-electron chi connectivity index (χ2n) is 7.52. The van der Waals surface area contributed by atoms with Crippen molar-refractivity contribution in [1.82, 2.24) is 4.98 Å². The van der Waals surface area contributed by atoms with Gasteiger partial charge in [0, 0.05) is 10.9 Å². The van der Waals surface area contributed by atoms with Gasteiger partial charge in [0.15, 0.2) is 16.7 Å². The number of benzene rings is 3. The van der Waals surface area contributed by atoms with Gasteiger partial charge in [-0.1, -0.05) is 54.6 Å². The maximum Gasteiger partial charge on any atom is 0.271 e. The van der Waals surface area contributed by atoms with Crippen LogP contribution in [-0.2, 0) is 4.79 Å². The second-order valence-corrected chi connectivity index (χ2v) is 9.37. The number of ether oxygens (including phenoxy) is 1. The van der Waals surface area contributed by atoms with Crippen molar-refractivity contribution in [3.8, 4) is 22.8 Å². The highest BCUT2D eigenvalue weighted by atomic mass is 32.2. The van der Waals surface area contributed by atoms with E-state index >= 15 is 0 Å². The Kier molecular flexibility index (Phi) is 6.65. The first-order chi connectivity index (χ1) is 17.1. The number of thiazole rings is 1. The number of hydrogen-bond acceptors (Lipinski definition) is 7. The van der Waals surface area contributed by atoms with Crippen molar-refractivity contribution < 1.29 is 14.6 Å². The van der Waals surface area contributed by atoms with E-state index in [-0.39, 0.29) is 11.7 Å². The lowest BCUT2D eigenvalue weighted by atomic mass is 10.2. The van der Waals surface area contributed by atoms with Crippen LogP contribution >= 0.6 is 23.1 Å². The average Bonchev–Trinajstić information content (AvgIpc) is 3.47. The van der Waals surface area contributed by atoms with Crippen LogP contribution in [0.2, 0.25) is 0 Å². The molecular weight excluding hydrogens is 478 g/mol. The quantitative estimate of drug-likeness (QED) is 0.298. The number of phenolic OH excluding ortho intramolecular Hbond substituents is 1. The van der Waals surface area contributed by atoms with Crippen LogP contribution in [-0.4, -0.2) is 27.8 Å². The highest BCUT2D eigenvalue weighted by Crippen LogP contribution is 2.39. The molecule has 1 saturated heterocycles. The molecule has 6 nitrogen and oxygen atoms in total. The fraction of sp³-hybridized carbons (Fsp3) is 0.0741. The van der Waals surface area contributed by atoms with Gasteiger partial charge in [0.1, 0.15) is 0 Å². The number of thioether (sulfide) groups is 1. The number of nitrogens with zero attached hydrogens (tertiary/aromatic N) is 3. The maximum atomic E-state index is 13.5. The van der Waals surface area contributed by atoms with Crippen molar-refractivity contribution in [1.29, 1.82) is 0 Å². The number of aromatic hydroxyl groups is 1. The van der Waals surface area contributed by atoms with Crippen molar-refractivity contribution in [2.45, 2.75) is 6.92 Å². The molecule has 0 bridgehead atoms. The van der Waals surface area contributed by atoms with Gasteiger partial charge in [0.05, 0.1) is 22.9 Å². The lowest BCUT2D eigenvalue weighted by Gasteiger charge is -2.14. The number of phenols is 1. The summed E-state index contributed by atoms with van der Waals surface area (Å²) < 4.78 is 5.49. The molecule has 1 aliphatic rings. The zero-order valence-electron chi connectivity index (χ0n) is 18.8. The van der Waals surface area contributed by atoms with Gasteiger partial charge in [-0.05, 0) is 54.6 Å². The molecule has 1 aromatic heterocycles. The van der Waals surface area contributed by atoms with Gasteiger partial charge in [-0.3, -0.25) is 9.69 Å². The van der Waals surface area contributed by atoms with Crippen LogP contribution in [0, 0.1) is 0 Å². The Labute approximate surface area is 211 Å². The molecule has 2 heterocycles. The van der Waals surface area contributed by atoms with Crippen LogP contribution in [0.25, 0.3) is 17.3 Å². The summed E-state index contributed by atoms with van der Waals surface area (Å²) in [5.41, 5.74) is 3.34. The Morgan fingerprint density at radius 2 is 1.80 bits per heavy atom. The maximum absolute atomic E-state index is 13.5. The van der Waals surface area contributed by atoms with Crippen molar-refractivity contribution in [2.75, 3.05) is 11.5 Å². The zero-order valence-corrected chi connectivity index (χ0v) is 20.4. The standard InChI is InChI=1S/C27H21N3O3S2/c1-2-33-23-15-18(13-14-22(23)31)16-24-25(32)30(20-11-7-4-8-12-20)27(35-24)29-26-28-21(17-34-26)19-9-5-3-6-10-19/h3-17,31H,2H2,1H3/b24-16-,29-27+. The molecule has 1 aliphatic heterocycles.